The number of thiophene rings is 1. The van der Waals surface area contributed by atoms with Gasteiger partial charge >= 0.3 is 0 Å². The fourth-order valence-electron chi connectivity index (χ4n) is 4.25. The molecule has 0 bridgehead atoms. The Hall–Kier alpha value is -3.56. The van der Waals surface area contributed by atoms with Crippen LogP contribution in [0.2, 0.25) is 0 Å². The van der Waals surface area contributed by atoms with Crippen LogP contribution in [0.4, 0.5) is 11.4 Å². The van der Waals surface area contributed by atoms with Crippen LogP contribution < -0.4 is 10.6 Å². The van der Waals surface area contributed by atoms with Crippen molar-refractivity contribution in [3.8, 4) is 11.3 Å². The maximum Gasteiger partial charge on any atom is 0.257 e. The molecule has 1 fully saturated rings. The van der Waals surface area contributed by atoms with Gasteiger partial charge in [-0.2, -0.15) is 11.3 Å². The molecule has 5 rings (SSSR count). The van der Waals surface area contributed by atoms with E-state index in [4.69, 9.17) is 0 Å². The Morgan fingerprint density at radius 2 is 2.09 bits per heavy atom. The number of carbonyl (C=O) groups is 2. The maximum absolute atomic E-state index is 13.0. The molecule has 9 heteroatoms. The van der Waals surface area contributed by atoms with Gasteiger partial charge in [0.15, 0.2) is 0 Å². The summed E-state index contributed by atoms with van der Waals surface area (Å²) in [6, 6.07) is 8.00. The molecule has 1 atom stereocenters. The molecule has 0 aliphatic carbocycles. The van der Waals surface area contributed by atoms with Crippen LogP contribution in [0.1, 0.15) is 35.8 Å². The lowest BCUT2D eigenvalue weighted by Crippen LogP contribution is -2.35. The maximum atomic E-state index is 13.0. The van der Waals surface area contributed by atoms with Crippen LogP contribution in [0, 0.1) is 6.92 Å². The number of pyridine rings is 2. The van der Waals surface area contributed by atoms with Gasteiger partial charge < -0.3 is 15.6 Å². The molecule has 1 saturated heterocycles. The van der Waals surface area contributed by atoms with E-state index < -0.39 is 0 Å². The van der Waals surface area contributed by atoms with Crippen molar-refractivity contribution in [2.45, 2.75) is 32.7 Å². The topological polar surface area (TPSA) is 103 Å². The summed E-state index contributed by atoms with van der Waals surface area (Å²) in [7, 11) is 0. The van der Waals surface area contributed by atoms with Crippen LogP contribution >= 0.6 is 11.3 Å². The predicted octanol–water partition coefficient (Wildman–Crippen LogP) is 4.67. The van der Waals surface area contributed by atoms with E-state index in [1.54, 1.807) is 29.8 Å². The molecule has 0 saturated carbocycles. The quantitative estimate of drug-likeness (QED) is 0.377. The zero-order valence-electron chi connectivity index (χ0n) is 19.1. The van der Waals surface area contributed by atoms with Crippen LogP contribution in [0.5, 0.6) is 0 Å². The van der Waals surface area contributed by atoms with E-state index in [1.165, 1.54) is 0 Å². The molecule has 34 heavy (non-hydrogen) atoms. The smallest absolute Gasteiger partial charge is 0.257 e. The third kappa shape index (κ3) is 4.71. The number of aromatic amines is 1. The third-order valence-corrected chi connectivity index (χ3v) is 6.90. The number of amides is 2. The van der Waals surface area contributed by atoms with Crippen molar-refractivity contribution < 1.29 is 9.59 Å². The standard InChI is InChI=1S/C25H26N6O2S/c1-15-4-3-6-31(15)13-23(32)28-20-10-21(16(2)26-12-20)30-25(33)19-8-18-9-22(17-5-7-34-14-17)29-24(18)27-11-19/h5,7-12,14-15H,3-4,6,13H2,1-2H3,(H,27,29)(H,28,32)(H,30,33)/t15-/m0/s1. The molecule has 0 spiro atoms. The summed E-state index contributed by atoms with van der Waals surface area (Å²) in [6.07, 6.45) is 5.40. The van der Waals surface area contributed by atoms with Gasteiger partial charge in [-0.05, 0) is 62.9 Å². The Morgan fingerprint density at radius 3 is 2.85 bits per heavy atom. The Labute approximate surface area is 201 Å². The average molecular weight is 475 g/mol. The van der Waals surface area contributed by atoms with Crippen molar-refractivity contribution in [1.82, 2.24) is 19.9 Å². The molecule has 174 valence electrons. The number of fused-ring (bicyclic) bond motifs is 1. The van der Waals surface area contributed by atoms with E-state index in [9.17, 15) is 9.59 Å². The first-order chi connectivity index (χ1) is 16.5. The molecule has 1 aliphatic heterocycles. The van der Waals surface area contributed by atoms with Crippen LogP contribution in [0.3, 0.4) is 0 Å². The van der Waals surface area contributed by atoms with Gasteiger partial charge in [-0.3, -0.25) is 19.5 Å². The summed E-state index contributed by atoms with van der Waals surface area (Å²) in [5.74, 6) is -0.368. The molecule has 1 aliphatic rings. The number of nitrogens with zero attached hydrogens (tertiary/aromatic N) is 3. The second-order valence-corrected chi connectivity index (χ2v) is 9.46. The second-order valence-electron chi connectivity index (χ2n) is 8.68. The molecule has 8 nitrogen and oxygen atoms in total. The molecular formula is C25H26N6O2S. The van der Waals surface area contributed by atoms with Crippen molar-refractivity contribution in [1.29, 1.82) is 0 Å². The van der Waals surface area contributed by atoms with Crippen LogP contribution in [-0.4, -0.2) is 50.8 Å². The molecule has 0 radical (unpaired) electrons. The molecule has 4 aromatic rings. The number of rotatable bonds is 6. The fraction of sp³-hybridized carbons (Fsp3) is 0.280. The molecule has 0 aromatic carbocycles. The number of hydrogen-bond acceptors (Lipinski definition) is 6. The first-order valence-electron chi connectivity index (χ1n) is 11.3. The van der Waals surface area contributed by atoms with E-state index in [2.05, 4.69) is 42.8 Å². The van der Waals surface area contributed by atoms with Crippen molar-refractivity contribution >= 4 is 45.6 Å². The van der Waals surface area contributed by atoms with Gasteiger partial charge in [0.05, 0.1) is 35.4 Å². The van der Waals surface area contributed by atoms with E-state index in [-0.39, 0.29) is 11.8 Å². The van der Waals surface area contributed by atoms with Gasteiger partial charge in [0, 0.05) is 34.3 Å². The van der Waals surface area contributed by atoms with E-state index >= 15 is 0 Å². The zero-order chi connectivity index (χ0) is 23.7. The summed E-state index contributed by atoms with van der Waals surface area (Å²) in [4.78, 5) is 39.7. The minimum Gasteiger partial charge on any atom is -0.339 e. The predicted molar refractivity (Wildman–Crippen MR) is 135 cm³/mol. The molecular weight excluding hydrogens is 448 g/mol. The number of carbonyl (C=O) groups excluding carboxylic acids is 2. The van der Waals surface area contributed by atoms with Crippen LogP contribution in [0.15, 0.2) is 47.4 Å². The minimum absolute atomic E-state index is 0.0831. The second kappa shape index (κ2) is 9.36. The van der Waals surface area contributed by atoms with Gasteiger partial charge in [-0.15, -0.1) is 0 Å². The van der Waals surface area contributed by atoms with Gasteiger partial charge in [0.2, 0.25) is 5.91 Å². The lowest BCUT2D eigenvalue weighted by Gasteiger charge is -2.20. The molecule has 2 amide bonds. The first kappa shape index (κ1) is 22.2. The van der Waals surface area contributed by atoms with E-state index in [0.717, 1.165) is 41.7 Å². The summed E-state index contributed by atoms with van der Waals surface area (Å²) >= 11 is 1.63. The average Bonchev–Trinajstić information content (AvgIpc) is 3.57. The van der Waals surface area contributed by atoms with Crippen molar-refractivity contribution in [3.05, 3.63) is 58.7 Å². The number of aryl methyl sites for hydroxylation is 1. The van der Waals surface area contributed by atoms with Gasteiger partial charge in [-0.1, -0.05) is 0 Å². The monoisotopic (exact) mass is 474 g/mol. The highest BCUT2D eigenvalue weighted by molar-refractivity contribution is 7.08. The highest BCUT2D eigenvalue weighted by Gasteiger charge is 2.22. The van der Waals surface area contributed by atoms with Crippen molar-refractivity contribution in [2.75, 3.05) is 23.7 Å². The Balaban J connectivity index is 1.29. The number of aromatic nitrogens is 3. The highest BCUT2D eigenvalue weighted by atomic mass is 32.1. The molecule has 5 heterocycles. The summed E-state index contributed by atoms with van der Waals surface area (Å²) in [5.41, 5.74) is 4.99. The number of likely N-dealkylation sites (tertiary alicyclic amines) is 1. The Kier molecular flexibility index (Phi) is 6.12. The highest BCUT2D eigenvalue weighted by Crippen LogP contribution is 2.26. The van der Waals surface area contributed by atoms with Crippen molar-refractivity contribution in [2.24, 2.45) is 0 Å². The Morgan fingerprint density at radius 1 is 1.21 bits per heavy atom. The normalized spacial score (nSPS) is 16.1. The van der Waals surface area contributed by atoms with Crippen molar-refractivity contribution in [3.63, 3.8) is 0 Å². The third-order valence-electron chi connectivity index (χ3n) is 6.22. The zero-order valence-corrected chi connectivity index (χ0v) is 19.9. The van der Waals surface area contributed by atoms with Gasteiger partial charge in [0.1, 0.15) is 5.65 Å². The SMILES string of the molecule is Cc1ncc(NC(=O)CN2CCC[C@@H]2C)cc1NC(=O)c1cnc2[nH]c(-c3ccsc3)cc2c1. The number of hydrogen-bond donors (Lipinski definition) is 3. The summed E-state index contributed by atoms with van der Waals surface area (Å²) < 4.78 is 0. The van der Waals surface area contributed by atoms with Crippen LogP contribution in [-0.2, 0) is 4.79 Å². The van der Waals surface area contributed by atoms with Crippen LogP contribution in [0.25, 0.3) is 22.3 Å². The molecule has 4 aromatic heterocycles. The van der Waals surface area contributed by atoms with Gasteiger partial charge in [0.25, 0.3) is 5.91 Å². The largest absolute Gasteiger partial charge is 0.339 e. The van der Waals surface area contributed by atoms with E-state index in [0.29, 0.717) is 35.2 Å². The Bertz CT molecular complexity index is 1350. The molecule has 0 unspecified atom stereocenters. The van der Waals surface area contributed by atoms with E-state index in [1.807, 2.05) is 30.5 Å². The molecule has 3 N–H and O–H groups in total. The lowest BCUT2D eigenvalue weighted by atomic mass is 10.2. The minimum atomic E-state index is -0.285. The number of anilines is 2. The number of H-pyrrole nitrogens is 1. The lowest BCUT2D eigenvalue weighted by molar-refractivity contribution is -0.117. The number of nitrogens with one attached hydrogen (secondary N) is 3. The fourth-order valence-corrected chi connectivity index (χ4v) is 4.90. The summed E-state index contributed by atoms with van der Waals surface area (Å²) in [5, 5.41) is 10.8. The first-order valence-corrected chi connectivity index (χ1v) is 12.2. The van der Waals surface area contributed by atoms with Gasteiger partial charge in [-0.25, -0.2) is 4.98 Å². The summed E-state index contributed by atoms with van der Waals surface area (Å²) in [6.45, 7) is 5.25.